The van der Waals surface area contributed by atoms with Gasteiger partial charge in [-0.3, -0.25) is 0 Å². The highest BCUT2D eigenvalue weighted by Crippen LogP contribution is 2.37. The third-order valence-electron chi connectivity index (χ3n) is 7.49. The summed E-state index contributed by atoms with van der Waals surface area (Å²) in [4.78, 5) is 0.245. The Hall–Kier alpha value is -2.33. The van der Waals surface area contributed by atoms with Gasteiger partial charge in [-0.15, -0.1) is 0 Å². The Kier molecular flexibility index (Phi) is 10.4. The first kappa shape index (κ1) is 30.6. The van der Waals surface area contributed by atoms with Crippen LogP contribution in [0.2, 0.25) is 5.04 Å². The van der Waals surface area contributed by atoms with Crippen molar-refractivity contribution >= 4 is 28.7 Å². The van der Waals surface area contributed by atoms with E-state index in [9.17, 15) is 8.42 Å². The normalized spacial score (nSPS) is 17.4. The summed E-state index contributed by atoms with van der Waals surface area (Å²) in [5, 5.41) is 2.27. The fourth-order valence-corrected chi connectivity index (χ4v) is 11.0. The SMILES string of the molecule is Cc1ccc(S(=O)(=O)NC[C@H](CCO[Si](c2ccccc2)(c2ccccc2)C(C)(C)C)OC2CCCCO2)cc1. The lowest BCUT2D eigenvalue weighted by molar-refractivity contribution is -0.188. The molecular formula is C32H43NO5SSi. The predicted molar refractivity (Wildman–Crippen MR) is 163 cm³/mol. The molecule has 0 aromatic heterocycles. The van der Waals surface area contributed by atoms with Crippen LogP contribution in [0, 0.1) is 6.92 Å². The Morgan fingerprint density at radius 1 is 0.925 bits per heavy atom. The van der Waals surface area contributed by atoms with Crippen molar-refractivity contribution in [2.75, 3.05) is 19.8 Å². The van der Waals surface area contributed by atoms with E-state index in [4.69, 9.17) is 13.9 Å². The molecule has 40 heavy (non-hydrogen) atoms. The summed E-state index contributed by atoms with van der Waals surface area (Å²) in [6, 6.07) is 27.9. The van der Waals surface area contributed by atoms with Crippen LogP contribution in [0.25, 0.3) is 0 Å². The number of aryl methyl sites for hydroxylation is 1. The number of nitrogens with one attached hydrogen (secondary N) is 1. The topological polar surface area (TPSA) is 73.9 Å². The largest absolute Gasteiger partial charge is 0.407 e. The molecule has 1 aliphatic rings. The van der Waals surface area contributed by atoms with Crippen LogP contribution in [-0.4, -0.2) is 48.9 Å². The van der Waals surface area contributed by atoms with Gasteiger partial charge in [0.2, 0.25) is 10.0 Å². The van der Waals surface area contributed by atoms with Crippen molar-refractivity contribution in [1.29, 1.82) is 0 Å². The Labute approximate surface area is 241 Å². The zero-order valence-electron chi connectivity index (χ0n) is 24.1. The van der Waals surface area contributed by atoms with Crippen LogP contribution >= 0.6 is 0 Å². The second-order valence-electron chi connectivity index (χ2n) is 11.5. The fourth-order valence-electron chi connectivity index (χ4n) is 5.36. The summed E-state index contributed by atoms with van der Waals surface area (Å²) < 4.78 is 48.1. The molecule has 3 aromatic carbocycles. The van der Waals surface area contributed by atoms with Crippen LogP contribution in [0.3, 0.4) is 0 Å². The molecule has 0 saturated carbocycles. The molecule has 0 amide bonds. The Morgan fingerprint density at radius 2 is 1.52 bits per heavy atom. The van der Waals surface area contributed by atoms with Gasteiger partial charge in [0.1, 0.15) is 0 Å². The van der Waals surface area contributed by atoms with Gasteiger partial charge in [0, 0.05) is 19.8 Å². The van der Waals surface area contributed by atoms with Crippen molar-refractivity contribution in [3.63, 3.8) is 0 Å². The zero-order valence-corrected chi connectivity index (χ0v) is 26.0. The number of sulfonamides is 1. The van der Waals surface area contributed by atoms with Crippen molar-refractivity contribution in [3.8, 4) is 0 Å². The van der Waals surface area contributed by atoms with Crippen LogP contribution in [0.15, 0.2) is 89.8 Å². The molecular weight excluding hydrogens is 539 g/mol. The maximum Gasteiger partial charge on any atom is 0.261 e. The van der Waals surface area contributed by atoms with E-state index in [0.29, 0.717) is 19.6 Å². The molecule has 1 unspecified atom stereocenters. The van der Waals surface area contributed by atoms with E-state index in [2.05, 4.69) is 74.0 Å². The van der Waals surface area contributed by atoms with Gasteiger partial charge < -0.3 is 13.9 Å². The number of hydrogen-bond acceptors (Lipinski definition) is 5. The molecule has 1 heterocycles. The molecule has 1 N–H and O–H groups in total. The second kappa shape index (κ2) is 13.6. The van der Waals surface area contributed by atoms with E-state index >= 15 is 0 Å². The van der Waals surface area contributed by atoms with Crippen molar-refractivity contribution in [1.82, 2.24) is 4.72 Å². The van der Waals surface area contributed by atoms with Crippen LogP contribution in [0.5, 0.6) is 0 Å². The quantitative estimate of drug-likeness (QED) is 0.300. The summed E-state index contributed by atoms with van der Waals surface area (Å²) in [6.45, 7) is 9.90. The van der Waals surface area contributed by atoms with Gasteiger partial charge in [-0.1, -0.05) is 99.1 Å². The lowest BCUT2D eigenvalue weighted by atomic mass is 10.2. The lowest BCUT2D eigenvalue weighted by Crippen LogP contribution is -2.66. The highest BCUT2D eigenvalue weighted by atomic mass is 32.2. The third-order valence-corrected chi connectivity index (χ3v) is 14.0. The number of ether oxygens (including phenoxy) is 2. The summed E-state index contributed by atoms with van der Waals surface area (Å²) in [5.41, 5.74) is 1.01. The van der Waals surface area contributed by atoms with Gasteiger partial charge in [0.15, 0.2) is 6.29 Å². The highest BCUT2D eigenvalue weighted by molar-refractivity contribution is 7.89. The van der Waals surface area contributed by atoms with Gasteiger partial charge >= 0.3 is 0 Å². The molecule has 2 atom stereocenters. The van der Waals surface area contributed by atoms with Crippen molar-refractivity contribution in [2.45, 2.75) is 75.7 Å². The van der Waals surface area contributed by atoms with E-state index in [1.54, 1.807) is 24.3 Å². The van der Waals surface area contributed by atoms with Crippen LogP contribution in [-0.2, 0) is 23.9 Å². The van der Waals surface area contributed by atoms with Crippen molar-refractivity contribution in [2.24, 2.45) is 0 Å². The third kappa shape index (κ3) is 7.49. The summed E-state index contributed by atoms with van der Waals surface area (Å²) in [5.74, 6) is 0. The Bertz CT molecular complexity index is 1250. The van der Waals surface area contributed by atoms with Gasteiger partial charge in [0.05, 0.1) is 11.0 Å². The average Bonchev–Trinajstić information content (AvgIpc) is 2.95. The highest BCUT2D eigenvalue weighted by Gasteiger charge is 2.50. The molecule has 0 bridgehead atoms. The minimum Gasteiger partial charge on any atom is -0.407 e. The Balaban J connectivity index is 1.55. The first-order valence-electron chi connectivity index (χ1n) is 14.2. The van der Waals surface area contributed by atoms with Crippen LogP contribution < -0.4 is 15.1 Å². The maximum atomic E-state index is 13.1. The average molecular weight is 582 g/mol. The number of hydrogen-bond donors (Lipinski definition) is 1. The second-order valence-corrected chi connectivity index (χ2v) is 17.6. The minimum atomic E-state index is -3.68. The molecule has 0 aliphatic carbocycles. The molecule has 0 radical (unpaired) electrons. The molecule has 0 spiro atoms. The first-order chi connectivity index (χ1) is 19.1. The van der Waals surface area contributed by atoms with E-state index in [1.165, 1.54) is 10.4 Å². The van der Waals surface area contributed by atoms with Crippen molar-refractivity contribution < 1.29 is 22.3 Å². The van der Waals surface area contributed by atoms with Gasteiger partial charge in [-0.25, -0.2) is 13.1 Å². The summed E-state index contributed by atoms with van der Waals surface area (Å²) in [7, 11) is -6.39. The predicted octanol–water partition coefficient (Wildman–Crippen LogP) is 5.15. The van der Waals surface area contributed by atoms with E-state index in [1.807, 2.05) is 19.1 Å². The first-order valence-corrected chi connectivity index (χ1v) is 17.6. The monoisotopic (exact) mass is 581 g/mol. The summed E-state index contributed by atoms with van der Waals surface area (Å²) >= 11 is 0. The molecule has 3 aromatic rings. The van der Waals surface area contributed by atoms with Crippen molar-refractivity contribution in [3.05, 3.63) is 90.5 Å². The lowest BCUT2D eigenvalue weighted by Gasteiger charge is -2.43. The van der Waals surface area contributed by atoms with E-state index in [-0.39, 0.29) is 22.8 Å². The molecule has 4 rings (SSSR count). The van der Waals surface area contributed by atoms with Crippen LogP contribution in [0.4, 0.5) is 0 Å². The van der Waals surface area contributed by atoms with E-state index in [0.717, 1.165) is 24.8 Å². The maximum absolute atomic E-state index is 13.1. The zero-order chi connectivity index (χ0) is 28.6. The minimum absolute atomic E-state index is 0.139. The standard InChI is InChI=1S/C32H43NO5SSi/c1-26-18-20-28(21-19-26)39(34,35)33-25-27(38-31-17-11-12-23-36-31)22-24-37-40(32(2,3)4,29-13-7-5-8-14-29)30-15-9-6-10-16-30/h5-10,13-16,18-21,27,31,33H,11-12,17,22-25H2,1-4H3/t27-,31?/m0/s1. The molecule has 6 nitrogen and oxygen atoms in total. The van der Waals surface area contributed by atoms with Crippen LogP contribution in [0.1, 0.15) is 52.0 Å². The smallest absolute Gasteiger partial charge is 0.261 e. The van der Waals surface area contributed by atoms with Gasteiger partial charge in [-0.2, -0.15) is 0 Å². The van der Waals surface area contributed by atoms with E-state index < -0.39 is 24.4 Å². The Morgan fingerprint density at radius 3 is 2.05 bits per heavy atom. The molecule has 8 heteroatoms. The molecule has 216 valence electrons. The van der Waals surface area contributed by atoms with Gasteiger partial charge in [-0.05, 0) is 60.2 Å². The molecule has 1 fully saturated rings. The summed E-state index contributed by atoms with van der Waals surface area (Å²) in [6.07, 6.45) is 2.64. The van der Waals surface area contributed by atoms with Gasteiger partial charge in [0.25, 0.3) is 8.32 Å². The molecule has 1 saturated heterocycles. The number of benzene rings is 3. The fraction of sp³-hybridized carbons (Fsp3) is 0.438. The molecule has 1 aliphatic heterocycles. The number of rotatable bonds is 12.